The highest BCUT2D eigenvalue weighted by Gasteiger charge is 2.36. The fourth-order valence-electron chi connectivity index (χ4n) is 1.77. The number of carbonyl (C=O) groups is 3. The van der Waals surface area contributed by atoms with Gasteiger partial charge < -0.3 is 9.47 Å². The molecule has 0 radical (unpaired) electrons. The van der Waals surface area contributed by atoms with Crippen molar-refractivity contribution in [3.05, 3.63) is 11.1 Å². The zero-order chi connectivity index (χ0) is 15.7. The van der Waals surface area contributed by atoms with E-state index in [1.54, 1.807) is 41.5 Å². The molecular weight excluding hydrogens is 260 g/mol. The van der Waals surface area contributed by atoms with Gasteiger partial charge in [0.2, 0.25) is 0 Å². The Bertz CT molecular complexity index is 471. The van der Waals surface area contributed by atoms with Crippen LogP contribution in [0.5, 0.6) is 0 Å². The Labute approximate surface area is 119 Å². The quantitative estimate of drug-likeness (QED) is 0.574. The Balaban J connectivity index is 3.03. The van der Waals surface area contributed by atoms with E-state index in [1.165, 1.54) is 0 Å². The van der Waals surface area contributed by atoms with Gasteiger partial charge in [0.25, 0.3) is 0 Å². The third-order valence-electron chi connectivity index (χ3n) is 2.43. The van der Waals surface area contributed by atoms with Crippen LogP contribution < -0.4 is 0 Å². The van der Waals surface area contributed by atoms with Crippen LogP contribution in [-0.2, 0) is 23.9 Å². The summed E-state index contributed by atoms with van der Waals surface area (Å²) in [6, 6.07) is 0. The topological polar surface area (TPSA) is 69.7 Å². The molecular formula is C15H22O5. The largest absolute Gasteiger partial charge is 0.457 e. The first kappa shape index (κ1) is 16.4. The van der Waals surface area contributed by atoms with Crippen molar-refractivity contribution in [3.63, 3.8) is 0 Å². The van der Waals surface area contributed by atoms with Crippen LogP contribution >= 0.6 is 0 Å². The van der Waals surface area contributed by atoms with Crippen molar-refractivity contribution < 1.29 is 23.9 Å². The molecule has 5 heteroatoms. The van der Waals surface area contributed by atoms with Crippen LogP contribution in [-0.4, -0.2) is 28.9 Å². The molecule has 0 unspecified atom stereocenters. The van der Waals surface area contributed by atoms with E-state index in [0.717, 1.165) is 0 Å². The maximum Gasteiger partial charge on any atom is 0.342 e. The maximum absolute atomic E-state index is 12.0. The highest BCUT2D eigenvalue weighted by molar-refractivity contribution is 6.23. The fourth-order valence-corrected chi connectivity index (χ4v) is 1.77. The van der Waals surface area contributed by atoms with Gasteiger partial charge in [-0.05, 0) is 48.0 Å². The van der Waals surface area contributed by atoms with Gasteiger partial charge in [-0.1, -0.05) is 0 Å². The smallest absolute Gasteiger partial charge is 0.342 e. The van der Waals surface area contributed by atoms with Crippen LogP contribution in [0.15, 0.2) is 11.1 Å². The van der Waals surface area contributed by atoms with Crippen LogP contribution in [0.1, 0.15) is 54.4 Å². The summed E-state index contributed by atoms with van der Waals surface area (Å²) in [5, 5.41) is 0. The second-order valence-corrected chi connectivity index (χ2v) is 6.78. The molecule has 0 saturated heterocycles. The van der Waals surface area contributed by atoms with Crippen molar-refractivity contribution in [2.75, 3.05) is 0 Å². The summed E-state index contributed by atoms with van der Waals surface area (Å²) in [6.45, 7) is 10.3. The number of hydrogen-bond donors (Lipinski definition) is 0. The zero-order valence-corrected chi connectivity index (χ0v) is 13.0. The molecule has 0 saturated carbocycles. The first-order valence-corrected chi connectivity index (χ1v) is 6.64. The van der Waals surface area contributed by atoms with Crippen LogP contribution in [0.25, 0.3) is 0 Å². The molecule has 5 nitrogen and oxygen atoms in total. The molecule has 0 aromatic rings. The molecule has 1 aliphatic carbocycles. The van der Waals surface area contributed by atoms with E-state index in [0.29, 0.717) is 0 Å². The molecule has 1 rings (SSSR count). The summed E-state index contributed by atoms with van der Waals surface area (Å²) in [7, 11) is 0. The lowest BCUT2D eigenvalue weighted by molar-refractivity contribution is -0.154. The minimum absolute atomic E-state index is 0.124. The van der Waals surface area contributed by atoms with Gasteiger partial charge in [0, 0.05) is 6.42 Å². The van der Waals surface area contributed by atoms with Crippen molar-refractivity contribution >= 4 is 17.7 Å². The Morgan fingerprint density at radius 1 is 0.850 bits per heavy atom. The molecule has 0 amide bonds. The lowest BCUT2D eigenvalue weighted by Crippen LogP contribution is -2.29. The average Bonchev–Trinajstić information content (AvgIpc) is 2.54. The molecule has 112 valence electrons. The first-order valence-electron chi connectivity index (χ1n) is 6.64. The van der Waals surface area contributed by atoms with Crippen LogP contribution in [0.4, 0.5) is 0 Å². The predicted octanol–water partition coefficient (Wildman–Crippen LogP) is 2.33. The van der Waals surface area contributed by atoms with E-state index >= 15 is 0 Å². The van der Waals surface area contributed by atoms with Gasteiger partial charge in [-0.3, -0.25) is 4.79 Å². The van der Waals surface area contributed by atoms with E-state index in [2.05, 4.69) is 0 Å². The summed E-state index contributed by atoms with van der Waals surface area (Å²) >= 11 is 0. The number of ether oxygens (including phenoxy) is 2. The predicted molar refractivity (Wildman–Crippen MR) is 73.0 cm³/mol. The molecule has 0 heterocycles. The molecule has 0 spiro atoms. The highest BCUT2D eigenvalue weighted by atomic mass is 16.6. The van der Waals surface area contributed by atoms with Crippen LogP contribution in [0.2, 0.25) is 0 Å². The minimum Gasteiger partial charge on any atom is -0.457 e. The molecule has 0 N–H and O–H groups in total. The lowest BCUT2D eigenvalue weighted by atomic mass is 10.1. The Morgan fingerprint density at radius 2 is 1.30 bits per heavy atom. The number of carbonyl (C=O) groups excluding carboxylic acids is 3. The summed E-state index contributed by atoms with van der Waals surface area (Å²) in [4.78, 5) is 35.9. The maximum atomic E-state index is 12.0. The second kappa shape index (κ2) is 5.38. The van der Waals surface area contributed by atoms with Crippen molar-refractivity contribution in [2.45, 2.75) is 65.6 Å². The summed E-state index contributed by atoms with van der Waals surface area (Å²) < 4.78 is 10.4. The molecule has 0 atom stereocenters. The number of esters is 2. The SMILES string of the molecule is CC(C)(C)OC(=O)C1=C(C(=O)OC(C)(C)C)C(=O)CC1. The fraction of sp³-hybridized carbons (Fsp3) is 0.667. The summed E-state index contributed by atoms with van der Waals surface area (Å²) in [5.74, 6) is -1.73. The lowest BCUT2D eigenvalue weighted by Gasteiger charge is -2.21. The van der Waals surface area contributed by atoms with E-state index in [9.17, 15) is 14.4 Å². The van der Waals surface area contributed by atoms with Crippen LogP contribution in [0.3, 0.4) is 0 Å². The zero-order valence-electron chi connectivity index (χ0n) is 13.0. The Kier molecular flexibility index (Phi) is 4.42. The van der Waals surface area contributed by atoms with Gasteiger partial charge in [0.15, 0.2) is 5.78 Å². The normalized spacial score (nSPS) is 16.4. The van der Waals surface area contributed by atoms with E-state index in [-0.39, 0.29) is 29.8 Å². The number of rotatable bonds is 2. The number of hydrogen-bond acceptors (Lipinski definition) is 5. The van der Waals surface area contributed by atoms with E-state index in [1.807, 2.05) is 0 Å². The van der Waals surface area contributed by atoms with E-state index in [4.69, 9.17) is 9.47 Å². The average molecular weight is 282 g/mol. The van der Waals surface area contributed by atoms with Gasteiger partial charge in [-0.2, -0.15) is 0 Å². The van der Waals surface area contributed by atoms with Gasteiger partial charge >= 0.3 is 11.9 Å². The highest BCUT2D eigenvalue weighted by Crippen LogP contribution is 2.28. The molecule has 20 heavy (non-hydrogen) atoms. The standard InChI is InChI=1S/C15H22O5/c1-14(2,3)19-12(17)9-7-8-10(16)11(9)13(18)20-15(4,5)6/h7-8H2,1-6H3. The molecule has 0 bridgehead atoms. The third kappa shape index (κ3) is 4.47. The summed E-state index contributed by atoms with van der Waals surface area (Å²) in [5.41, 5.74) is -1.42. The Hall–Kier alpha value is -1.65. The first-order chi connectivity index (χ1) is 8.91. The van der Waals surface area contributed by atoms with Gasteiger partial charge in [-0.25, -0.2) is 9.59 Å². The van der Waals surface area contributed by atoms with Crippen molar-refractivity contribution in [1.29, 1.82) is 0 Å². The van der Waals surface area contributed by atoms with Gasteiger partial charge in [0.05, 0.1) is 5.57 Å². The number of Topliss-reactive ketones (excluding diaryl/α,β-unsaturated/α-hetero) is 1. The molecule has 0 fully saturated rings. The molecule has 0 aromatic heterocycles. The van der Waals surface area contributed by atoms with Crippen molar-refractivity contribution in [3.8, 4) is 0 Å². The third-order valence-corrected chi connectivity index (χ3v) is 2.43. The van der Waals surface area contributed by atoms with Crippen molar-refractivity contribution in [1.82, 2.24) is 0 Å². The van der Waals surface area contributed by atoms with Gasteiger partial charge in [-0.15, -0.1) is 0 Å². The molecule has 0 aliphatic heterocycles. The monoisotopic (exact) mass is 282 g/mol. The Morgan fingerprint density at radius 3 is 1.75 bits per heavy atom. The second-order valence-electron chi connectivity index (χ2n) is 6.78. The van der Waals surface area contributed by atoms with Gasteiger partial charge in [0.1, 0.15) is 16.8 Å². The van der Waals surface area contributed by atoms with Crippen LogP contribution in [0, 0.1) is 0 Å². The van der Waals surface area contributed by atoms with E-state index < -0.39 is 23.1 Å². The molecule has 0 aromatic carbocycles. The number of ketones is 1. The molecule has 1 aliphatic rings. The van der Waals surface area contributed by atoms with Crippen molar-refractivity contribution in [2.24, 2.45) is 0 Å². The summed E-state index contributed by atoms with van der Waals surface area (Å²) in [6.07, 6.45) is 0.367. The minimum atomic E-state index is -0.749.